The molecule has 0 bridgehead atoms. The highest BCUT2D eigenvalue weighted by molar-refractivity contribution is 14.1. The first kappa shape index (κ1) is 19.4. The number of nitrogens with zero attached hydrogens (tertiary/aromatic N) is 3. The molecule has 132 valence electrons. The van der Waals surface area contributed by atoms with Gasteiger partial charge in [0.15, 0.2) is 0 Å². The maximum Gasteiger partial charge on any atom is 0.138 e. The van der Waals surface area contributed by atoms with Crippen LogP contribution < -0.4 is 0 Å². The number of halogens is 1. The lowest BCUT2D eigenvalue weighted by Gasteiger charge is -2.25. The Bertz CT molecular complexity index is 625. The zero-order chi connectivity index (χ0) is 17.5. The van der Waals surface area contributed by atoms with E-state index in [-0.39, 0.29) is 6.10 Å². The molecule has 24 heavy (non-hydrogen) atoms. The van der Waals surface area contributed by atoms with Crippen molar-refractivity contribution in [2.75, 3.05) is 19.0 Å². The zero-order valence-corrected chi connectivity index (χ0v) is 17.3. The Morgan fingerprint density at radius 2 is 1.96 bits per heavy atom. The molecule has 3 rings (SSSR count). The van der Waals surface area contributed by atoms with Gasteiger partial charge in [-0.05, 0) is 44.4 Å². The highest BCUT2D eigenvalue weighted by Crippen LogP contribution is 2.31. The van der Waals surface area contributed by atoms with Crippen LogP contribution in [0.1, 0.15) is 41.7 Å². The average Bonchev–Trinajstić information content (AvgIpc) is 2.92. The summed E-state index contributed by atoms with van der Waals surface area (Å²) in [4.78, 5) is 8.98. The number of imidazole rings is 1. The summed E-state index contributed by atoms with van der Waals surface area (Å²) in [5.74, 6) is 1.11. The Kier molecular flexibility index (Phi) is 7.71. The van der Waals surface area contributed by atoms with Gasteiger partial charge in [0.2, 0.25) is 0 Å². The van der Waals surface area contributed by atoms with Gasteiger partial charge in [0, 0.05) is 13.1 Å². The van der Waals surface area contributed by atoms with Crippen molar-refractivity contribution >= 4 is 22.6 Å². The predicted molar refractivity (Wildman–Crippen MR) is 108 cm³/mol. The highest BCUT2D eigenvalue weighted by atomic mass is 127. The summed E-state index contributed by atoms with van der Waals surface area (Å²) in [6, 6.07) is 10.4. The van der Waals surface area contributed by atoms with Crippen molar-refractivity contribution in [2.45, 2.75) is 45.6 Å². The van der Waals surface area contributed by atoms with Crippen molar-refractivity contribution < 1.29 is 4.74 Å². The van der Waals surface area contributed by atoms with Crippen LogP contribution in [0, 0.1) is 6.92 Å². The maximum atomic E-state index is 6.17. The van der Waals surface area contributed by atoms with Gasteiger partial charge in [-0.2, -0.15) is 0 Å². The molecule has 0 amide bonds. The monoisotopic (exact) mass is 441 g/mol. The van der Waals surface area contributed by atoms with Crippen LogP contribution in [0.3, 0.4) is 0 Å². The fraction of sp³-hybridized carbons (Fsp3) is 0.526. The minimum atomic E-state index is 0.114. The van der Waals surface area contributed by atoms with E-state index >= 15 is 0 Å². The number of ether oxygens (including phenoxy) is 1. The minimum Gasteiger partial charge on any atom is -0.366 e. The van der Waals surface area contributed by atoms with Crippen molar-refractivity contribution in [1.29, 1.82) is 0 Å². The Balaban J connectivity index is 0.00000100. The molecule has 1 aliphatic rings. The Labute approximate surface area is 159 Å². The number of rotatable bonds is 5. The van der Waals surface area contributed by atoms with E-state index in [1.165, 1.54) is 11.3 Å². The molecule has 0 N–H and O–H groups in total. The number of fused-ring (bicyclic) bond motifs is 1. The summed E-state index contributed by atoms with van der Waals surface area (Å²) < 4.78 is 8.54. The van der Waals surface area contributed by atoms with Crippen LogP contribution in [0.15, 0.2) is 30.3 Å². The number of benzene rings is 1. The quantitative estimate of drug-likeness (QED) is 0.511. The van der Waals surface area contributed by atoms with Crippen molar-refractivity contribution in [3.63, 3.8) is 0 Å². The molecule has 1 aliphatic heterocycles. The SMILES string of the molecule is CI.Cc1nc2n(c1CN(C)C)CCCC2OCc1ccccc1. The third kappa shape index (κ3) is 4.80. The zero-order valence-electron chi connectivity index (χ0n) is 15.1. The fourth-order valence-corrected chi connectivity index (χ4v) is 3.12. The second-order valence-corrected chi connectivity index (χ2v) is 6.32. The molecule has 0 spiro atoms. The first-order chi connectivity index (χ1) is 11.6. The largest absolute Gasteiger partial charge is 0.366 e. The third-order valence-electron chi connectivity index (χ3n) is 4.20. The van der Waals surface area contributed by atoms with Crippen LogP contribution in [0.25, 0.3) is 0 Å². The van der Waals surface area contributed by atoms with Crippen molar-refractivity contribution in [3.8, 4) is 0 Å². The van der Waals surface area contributed by atoms with Crippen LogP contribution in [0.2, 0.25) is 0 Å². The van der Waals surface area contributed by atoms with Gasteiger partial charge in [-0.3, -0.25) is 0 Å². The molecule has 0 radical (unpaired) electrons. The number of alkyl halides is 1. The van der Waals surface area contributed by atoms with E-state index in [4.69, 9.17) is 9.72 Å². The van der Waals surface area contributed by atoms with Crippen molar-refractivity contribution in [3.05, 3.63) is 53.1 Å². The number of aryl methyl sites for hydroxylation is 1. The summed E-state index contributed by atoms with van der Waals surface area (Å²) in [5.41, 5.74) is 3.68. The summed E-state index contributed by atoms with van der Waals surface area (Å²) in [7, 11) is 4.21. The van der Waals surface area contributed by atoms with Crippen molar-refractivity contribution in [2.24, 2.45) is 0 Å². The van der Waals surface area contributed by atoms with Gasteiger partial charge >= 0.3 is 0 Å². The Morgan fingerprint density at radius 1 is 1.25 bits per heavy atom. The van der Waals surface area contributed by atoms with E-state index in [2.05, 4.69) is 77.3 Å². The van der Waals surface area contributed by atoms with E-state index in [1.807, 2.05) is 11.0 Å². The average molecular weight is 441 g/mol. The topological polar surface area (TPSA) is 30.3 Å². The summed E-state index contributed by atoms with van der Waals surface area (Å²) in [6.07, 6.45) is 2.33. The molecule has 4 nitrogen and oxygen atoms in total. The standard InChI is InChI=1S/C18H25N3O.CH3I/c1-14-16(12-20(2)3)21-11-7-10-17(18(21)19-14)22-13-15-8-5-4-6-9-15;1-2/h4-6,8-9,17H,7,10-13H2,1-3H3;1H3. The molecule has 1 atom stereocenters. The third-order valence-corrected chi connectivity index (χ3v) is 4.20. The van der Waals surface area contributed by atoms with E-state index in [1.54, 1.807) is 0 Å². The first-order valence-corrected chi connectivity index (χ1v) is 10.5. The van der Waals surface area contributed by atoms with E-state index in [0.717, 1.165) is 37.4 Å². The van der Waals surface area contributed by atoms with Crippen LogP contribution in [-0.4, -0.2) is 33.5 Å². The van der Waals surface area contributed by atoms with Crippen LogP contribution in [0.4, 0.5) is 0 Å². The molecule has 5 heteroatoms. The smallest absolute Gasteiger partial charge is 0.138 e. The van der Waals surface area contributed by atoms with Crippen LogP contribution >= 0.6 is 22.6 Å². The molecule has 2 aromatic rings. The predicted octanol–water partition coefficient (Wildman–Crippen LogP) is 4.36. The summed E-state index contributed by atoms with van der Waals surface area (Å²) in [5, 5.41) is 0. The fourth-order valence-electron chi connectivity index (χ4n) is 3.12. The van der Waals surface area contributed by atoms with E-state index in [9.17, 15) is 0 Å². The second-order valence-electron chi connectivity index (χ2n) is 6.32. The maximum absolute atomic E-state index is 6.17. The summed E-state index contributed by atoms with van der Waals surface area (Å²) in [6.45, 7) is 4.76. The molecular formula is C19H28IN3O. The van der Waals surface area contributed by atoms with Gasteiger partial charge in [-0.25, -0.2) is 4.98 Å². The number of hydrogen-bond donors (Lipinski definition) is 0. The molecule has 1 unspecified atom stereocenters. The minimum absolute atomic E-state index is 0.114. The lowest BCUT2D eigenvalue weighted by molar-refractivity contribution is 0.0157. The molecule has 0 saturated carbocycles. The van der Waals surface area contributed by atoms with Gasteiger partial charge in [0.1, 0.15) is 11.9 Å². The number of aromatic nitrogens is 2. The molecule has 2 heterocycles. The van der Waals surface area contributed by atoms with Gasteiger partial charge < -0.3 is 14.2 Å². The summed E-state index contributed by atoms with van der Waals surface area (Å²) >= 11 is 2.15. The van der Waals surface area contributed by atoms with Gasteiger partial charge in [-0.1, -0.05) is 52.9 Å². The lowest BCUT2D eigenvalue weighted by Crippen LogP contribution is -2.22. The molecule has 0 fully saturated rings. The normalized spacial score (nSPS) is 16.5. The molecular weight excluding hydrogens is 413 g/mol. The van der Waals surface area contributed by atoms with E-state index in [0.29, 0.717) is 6.61 Å². The Hall–Kier alpha value is -0.920. The van der Waals surface area contributed by atoms with Gasteiger partial charge in [0.05, 0.1) is 18.0 Å². The van der Waals surface area contributed by atoms with E-state index < -0.39 is 0 Å². The molecule has 1 aromatic heterocycles. The van der Waals surface area contributed by atoms with Crippen LogP contribution in [0.5, 0.6) is 0 Å². The lowest BCUT2D eigenvalue weighted by atomic mass is 10.1. The first-order valence-electron chi connectivity index (χ1n) is 8.39. The van der Waals surface area contributed by atoms with Crippen molar-refractivity contribution in [1.82, 2.24) is 14.5 Å². The van der Waals surface area contributed by atoms with Gasteiger partial charge in [-0.15, -0.1) is 0 Å². The second kappa shape index (κ2) is 9.53. The highest BCUT2D eigenvalue weighted by Gasteiger charge is 2.26. The number of hydrogen-bond acceptors (Lipinski definition) is 3. The molecule has 1 aromatic carbocycles. The Morgan fingerprint density at radius 3 is 2.62 bits per heavy atom. The molecule has 0 aliphatic carbocycles. The molecule has 0 saturated heterocycles. The van der Waals surface area contributed by atoms with Gasteiger partial charge in [0.25, 0.3) is 0 Å². The van der Waals surface area contributed by atoms with Crippen LogP contribution in [-0.2, 0) is 24.4 Å².